The Morgan fingerprint density at radius 1 is 1.11 bits per heavy atom. The number of aryl methyl sites for hydroxylation is 1. The van der Waals surface area contributed by atoms with Gasteiger partial charge >= 0.3 is 12.2 Å². The molecule has 2 aromatic heterocycles. The number of benzene rings is 1. The molecule has 8 nitrogen and oxygen atoms in total. The topological polar surface area (TPSA) is 92.4 Å². The normalized spacial score (nSPS) is 26.8. The number of nitrogens with one attached hydrogen (secondary N) is 1. The highest BCUT2D eigenvalue weighted by atomic mass is 19.4. The van der Waals surface area contributed by atoms with Gasteiger partial charge in [0.25, 0.3) is 6.43 Å². The summed E-state index contributed by atoms with van der Waals surface area (Å²) in [6.45, 7) is 3.00. The van der Waals surface area contributed by atoms with Crippen molar-refractivity contribution in [2.75, 3.05) is 43.4 Å². The first-order valence-corrected chi connectivity index (χ1v) is 15.0. The lowest BCUT2D eigenvalue weighted by Gasteiger charge is -2.35. The Balaban J connectivity index is 1.42. The Labute approximate surface area is 254 Å². The van der Waals surface area contributed by atoms with Crippen LogP contribution in [0.1, 0.15) is 55.2 Å². The Bertz CT molecular complexity index is 1640. The second kappa shape index (κ2) is 10.8. The van der Waals surface area contributed by atoms with Gasteiger partial charge in [0.15, 0.2) is 5.82 Å². The van der Waals surface area contributed by atoms with E-state index < -0.39 is 63.6 Å². The summed E-state index contributed by atoms with van der Waals surface area (Å²) < 4.78 is 109. The number of pyridine rings is 1. The van der Waals surface area contributed by atoms with Crippen molar-refractivity contribution < 1.29 is 35.5 Å². The molecule has 4 aliphatic heterocycles. The molecule has 15 heteroatoms. The molecule has 4 fully saturated rings. The van der Waals surface area contributed by atoms with Crippen LogP contribution in [0.4, 0.5) is 42.4 Å². The number of aromatic nitrogens is 3. The molecule has 4 aliphatic rings. The number of alkyl halides is 6. The molecule has 2 bridgehead atoms. The van der Waals surface area contributed by atoms with E-state index in [0.717, 1.165) is 38.3 Å². The Morgan fingerprint density at radius 2 is 1.84 bits per heavy atom. The number of fused-ring (bicyclic) bond motifs is 4. The minimum atomic E-state index is -5.05. The zero-order valence-corrected chi connectivity index (χ0v) is 24.4. The van der Waals surface area contributed by atoms with E-state index >= 15 is 4.39 Å². The minimum Gasteiger partial charge on any atom is -0.461 e. The summed E-state index contributed by atoms with van der Waals surface area (Å²) in [5, 5.41) is 3.38. The molecule has 0 radical (unpaired) electrons. The third-order valence-corrected chi connectivity index (χ3v) is 9.66. The number of ether oxygens (including phenoxy) is 1. The molecule has 6 heterocycles. The largest absolute Gasteiger partial charge is 0.461 e. The summed E-state index contributed by atoms with van der Waals surface area (Å²) in [5.74, 6) is -1.66. The quantitative estimate of drug-likeness (QED) is 0.339. The second-order valence-corrected chi connectivity index (χ2v) is 12.7. The van der Waals surface area contributed by atoms with Crippen molar-refractivity contribution in [1.29, 1.82) is 0 Å². The molecule has 4 saturated heterocycles. The number of hydrogen-bond donors (Lipinski definition) is 2. The highest BCUT2D eigenvalue weighted by Gasteiger charge is 2.49. The molecule has 0 amide bonds. The monoisotopic (exact) mass is 639 g/mol. The number of nitrogens with zero attached hydrogens (tertiary/aromatic N) is 5. The van der Waals surface area contributed by atoms with Gasteiger partial charge in [-0.1, -0.05) is 0 Å². The van der Waals surface area contributed by atoms with Gasteiger partial charge < -0.3 is 20.7 Å². The third kappa shape index (κ3) is 5.21. The predicted molar refractivity (Wildman–Crippen MR) is 153 cm³/mol. The summed E-state index contributed by atoms with van der Waals surface area (Å²) in [6, 6.07) is 1.82. The molecule has 7 rings (SSSR count). The zero-order valence-electron chi connectivity index (χ0n) is 24.4. The van der Waals surface area contributed by atoms with Crippen molar-refractivity contribution in [1.82, 2.24) is 25.2 Å². The molecule has 45 heavy (non-hydrogen) atoms. The number of piperazine rings is 1. The molecule has 0 saturated carbocycles. The first-order chi connectivity index (χ1) is 21.3. The fraction of sp³-hybridized carbons (Fsp3) is 0.567. The number of halogens is 7. The molecular weight excluding hydrogens is 607 g/mol. The molecular formula is C30H32F7N7O. The van der Waals surface area contributed by atoms with E-state index in [1.807, 2.05) is 9.80 Å². The van der Waals surface area contributed by atoms with Crippen molar-refractivity contribution in [3.63, 3.8) is 0 Å². The van der Waals surface area contributed by atoms with E-state index in [-0.39, 0.29) is 54.7 Å². The maximum absolute atomic E-state index is 16.7. The fourth-order valence-corrected chi connectivity index (χ4v) is 7.78. The van der Waals surface area contributed by atoms with Crippen LogP contribution in [-0.4, -0.2) is 76.4 Å². The summed E-state index contributed by atoms with van der Waals surface area (Å²) >= 11 is 0. The highest BCUT2D eigenvalue weighted by Crippen LogP contribution is 2.46. The molecule has 0 spiro atoms. The van der Waals surface area contributed by atoms with Crippen molar-refractivity contribution in [3.05, 3.63) is 34.6 Å². The van der Waals surface area contributed by atoms with Crippen LogP contribution in [0.15, 0.2) is 12.1 Å². The predicted octanol–water partition coefficient (Wildman–Crippen LogP) is 5.57. The molecule has 2 unspecified atom stereocenters. The summed E-state index contributed by atoms with van der Waals surface area (Å²) in [4.78, 5) is 16.4. The number of nitrogen functional groups attached to an aromatic ring is 1. The smallest absolute Gasteiger partial charge is 0.418 e. The van der Waals surface area contributed by atoms with E-state index in [0.29, 0.717) is 26.1 Å². The number of hydrogen-bond acceptors (Lipinski definition) is 8. The van der Waals surface area contributed by atoms with E-state index in [4.69, 9.17) is 10.5 Å². The molecule has 3 N–H and O–H groups in total. The lowest BCUT2D eigenvalue weighted by molar-refractivity contribution is -0.137. The number of anilines is 2. The van der Waals surface area contributed by atoms with Gasteiger partial charge in [0.2, 0.25) is 0 Å². The summed E-state index contributed by atoms with van der Waals surface area (Å²) in [6.07, 6.45) is -5.87. The number of rotatable bonds is 6. The van der Waals surface area contributed by atoms with Crippen molar-refractivity contribution in [2.45, 2.75) is 75.4 Å². The van der Waals surface area contributed by atoms with Gasteiger partial charge in [-0.25, -0.2) is 22.5 Å². The van der Waals surface area contributed by atoms with Crippen LogP contribution in [0.3, 0.4) is 0 Å². The Morgan fingerprint density at radius 3 is 2.53 bits per heavy atom. The van der Waals surface area contributed by atoms with Crippen LogP contribution in [0, 0.1) is 12.7 Å². The first kappa shape index (κ1) is 30.2. The van der Waals surface area contributed by atoms with Gasteiger partial charge in [0, 0.05) is 54.7 Å². The average Bonchev–Trinajstić information content (AvgIpc) is 3.60. The van der Waals surface area contributed by atoms with Crippen LogP contribution in [-0.2, 0) is 6.18 Å². The first-order valence-electron chi connectivity index (χ1n) is 15.0. The maximum Gasteiger partial charge on any atom is 0.418 e. The van der Waals surface area contributed by atoms with Gasteiger partial charge in [0.05, 0.1) is 16.8 Å². The standard InChI is InChI=1S/C30H32F7N7O/c1-14-7-20(38)40-25(22(14)30(35,36)37)21-18(26(33)34)8-19-24(23(21)32)41-28(42-27(19)43-11-16-3-4-17(12-43)39-16)45-13-29-5-2-6-44(29)10-15(31)9-29/h7-8,15-17,26,39H,2-6,9-13H2,1H3,(H2,38,40)/t15-,16?,17?,29+/m1/s1. The molecule has 0 aliphatic carbocycles. The van der Waals surface area contributed by atoms with Gasteiger partial charge in [-0.05, 0) is 56.8 Å². The summed E-state index contributed by atoms with van der Waals surface area (Å²) in [7, 11) is 0. The zero-order chi connectivity index (χ0) is 31.8. The molecule has 242 valence electrons. The Kier molecular flexibility index (Phi) is 7.26. The SMILES string of the molecule is Cc1cc(N)nc(-c2c(C(F)F)cc3c(N4CC5CCC(C4)N5)nc(OC[C@@]45CCCN4C[C@H](F)C5)nc3c2F)c1C(F)(F)F. The minimum absolute atomic E-state index is 0.0168. The van der Waals surface area contributed by atoms with Crippen molar-refractivity contribution in [2.24, 2.45) is 0 Å². The molecule has 4 atom stereocenters. The highest BCUT2D eigenvalue weighted by molar-refractivity contribution is 5.95. The van der Waals surface area contributed by atoms with E-state index in [2.05, 4.69) is 20.3 Å². The Hall–Kier alpha value is -3.46. The van der Waals surface area contributed by atoms with Crippen molar-refractivity contribution >= 4 is 22.5 Å². The summed E-state index contributed by atoms with van der Waals surface area (Å²) in [5.41, 5.74) is -0.143. The van der Waals surface area contributed by atoms with Crippen LogP contribution >= 0.6 is 0 Å². The van der Waals surface area contributed by atoms with Crippen LogP contribution in [0.2, 0.25) is 0 Å². The van der Waals surface area contributed by atoms with E-state index in [1.165, 1.54) is 0 Å². The maximum atomic E-state index is 16.7. The lowest BCUT2D eigenvalue weighted by Crippen LogP contribution is -2.51. The van der Waals surface area contributed by atoms with Crippen molar-refractivity contribution in [3.8, 4) is 17.3 Å². The van der Waals surface area contributed by atoms with E-state index in [1.54, 1.807) is 0 Å². The third-order valence-electron chi connectivity index (χ3n) is 9.66. The fourth-order valence-electron chi connectivity index (χ4n) is 7.78. The average molecular weight is 640 g/mol. The van der Waals surface area contributed by atoms with Crippen LogP contribution < -0.4 is 20.7 Å². The van der Waals surface area contributed by atoms with E-state index in [9.17, 15) is 26.3 Å². The number of nitrogens with two attached hydrogens (primary N) is 1. The molecule has 3 aromatic rings. The van der Waals surface area contributed by atoms with Crippen LogP contribution in [0.5, 0.6) is 6.01 Å². The van der Waals surface area contributed by atoms with Gasteiger partial charge in [-0.2, -0.15) is 23.1 Å². The van der Waals surface area contributed by atoms with Crippen LogP contribution in [0.25, 0.3) is 22.2 Å². The van der Waals surface area contributed by atoms with Gasteiger partial charge in [-0.3, -0.25) is 4.90 Å². The van der Waals surface area contributed by atoms with Gasteiger partial charge in [0.1, 0.15) is 29.9 Å². The molecule has 1 aromatic carbocycles. The lowest BCUT2D eigenvalue weighted by atomic mass is 9.94. The van der Waals surface area contributed by atoms with Gasteiger partial charge in [-0.15, -0.1) is 0 Å². The second-order valence-electron chi connectivity index (χ2n) is 12.7.